The van der Waals surface area contributed by atoms with E-state index in [1.807, 2.05) is 25.1 Å². The van der Waals surface area contributed by atoms with Crippen LogP contribution in [0.1, 0.15) is 25.3 Å². The molecule has 1 aromatic carbocycles. The van der Waals surface area contributed by atoms with Crippen molar-refractivity contribution in [3.63, 3.8) is 0 Å². The summed E-state index contributed by atoms with van der Waals surface area (Å²) in [5.41, 5.74) is 1.05. The van der Waals surface area contributed by atoms with Crippen LogP contribution in [-0.4, -0.2) is 38.9 Å². The molecule has 0 spiro atoms. The quantitative estimate of drug-likeness (QED) is 0.395. The number of hydrogen-bond donors (Lipinski definition) is 2. The van der Waals surface area contributed by atoms with Gasteiger partial charge in [0.15, 0.2) is 5.96 Å². The number of nitrogens with one attached hydrogen (secondary N) is 2. The minimum atomic E-state index is 0. The zero-order valence-electron chi connectivity index (χ0n) is 13.6. The summed E-state index contributed by atoms with van der Waals surface area (Å²) >= 11 is 6.01. The standard InChI is InChI=1S/C16H24ClN3O2.HI/c1-3-21-15-9-13(17)7-6-12(15)10-19-16(18-2)20-11-14-5-4-8-22-14;/h6-7,9,14H,3-5,8,10-11H2,1-2H3,(H2,18,19,20);1H. The van der Waals surface area contributed by atoms with E-state index in [2.05, 4.69) is 15.6 Å². The van der Waals surface area contributed by atoms with Gasteiger partial charge in [-0.1, -0.05) is 17.7 Å². The highest BCUT2D eigenvalue weighted by Crippen LogP contribution is 2.23. The van der Waals surface area contributed by atoms with Gasteiger partial charge >= 0.3 is 0 Å². The van der Waals surface area contributed by atoms with Crippen LogP contribution in [-0.2, 0) is 11.3 Å². The monoisotopic (exact) mass is 453 g/mol. The molecule has 130 valence electrons. The largest absolute Gasteiger partial charge is 0.493 e. The normalized spacial score (nSPS) is 17.5. The van der Waals surface area contributed by atoms with E-state index in [4.69, 9.17) is 21.1 Å². The van der Waals surface area contributed by atoms with Gasteiger partial charge < -0.3 is 20.1 Å². The maximum Gasteiger partial charge on any atom is 0.191 e. The van der Waals surface area contributed by atoms with Gasteiger partial charge in [0.2, 0.25) is 0 Å². The van der Waals surface area contributed by atoms with Gasteiger partial charge in [-0.05, 0) is 31.9 Å². The number of hydrogen-bond acceptors (Lipinski definition) is 3. The Kier molecular flexibility index (Phi) is 9.66. The Bertz CT molecular complexity index is 508. The lowest BCUT2D eigenvalue weighted by molar-refractivity contribution is 0.114. The van der Waals surface area contributed by atoms with Crippen molar-refractivity contribution < 1.29 is 9.47 Å². The van der Waals surface area contributed by atoms with Crippen LogP contribution in [0.15, 0.2) is 23.2 Å². The molecule has 1 aliphatic heterocycles. The third-order valence-corrected chi connectivity index (χ3v) is 3.76. The summed E-state index contributed by atoms with van der Waals surface area (Å²) in [5.74, 6) is 1.56. The van der Waals surface area contributed by atoms with E-state index in [0.29, 0.717) is 18.2 Å². The Hall–Kier alpha value is -0.730. The molecule has 0 saturated carbocycles. The van der Waals surface area contributed by atoms with Crippen LogP contribution in [0.5, 0.6) is 5.75 Å². The minimum Gasteiger partial charge on any atom is -0.493 e. The average Bonchev–Trinajstić information content (AvgIpc) is 3.03. The van der Waals surface area contributed by atoms with Crippen LogP contribution in [0.3, 0.4) is 0 Å². The summed E-state index contributed by atoms with van der Waals surface area (Å²) < 4.78 is 11.2. The van der Waals surface area contributed by atoms with Crippen LogP contribution >= 0.6 is 35.6 Å². The van der Waals surface area contributed by atoms with E-state index in [1.54, 1.807) is 7.05 Å². The molecular weight excluding hydrogens is 429 g/mol. The molecule has 1 unspecified atom stereocenters. The molecule has 0 aliphatic carbocycles. The first kappa shape index (κ1) is 20.3. The van der Waals surface area contributed by atoms with Gasteiger partial charge in [0, 0.05) is 37.3 Å². The highest BCUT2D eigenvalue weighted by molar-refractivity contribution is 14.0. The first-order chi connectivity index (χ1) is 10.7. The van der Waals surface area contributed by atoms with Crippen molar-refractivity contribution in [1.82, 2.24) is 10.6 Å². The van der Waals surface area contributed by atoms with E-state index < -0.39 is 0 Å². The van der Waals surface area contributed by atoms with Crippen LogP contribution in [0.25, 0.3) is 0 Å². The highest BCUT2D eigenvalue weighted by Gasteiger charge is 2.15. The summed E-state index contributed by atoms with van der Waals surface area (Å²) in [5, 5.41) is 7.25. The fourth-order valence-electron chi connectivity index (χ4n) is 2.38. The Morgan fingerprint density at radius 2 is 2.26 bits per heavy atom. The van der Waals surface area contributed by atoms with E-state index in [-0.39, 0.29) is 30.1 Å². The molecule has 0 aromatic heterocycles. The SMILES string of the molecule is CCOc1cc(Cl)ccc1CNC(=NC)NCC1CCCO1.I. The second kappa shape index (κ2) is 10.9. The smallest absolute Gasteiger partial charge is 0.191 e. The highest BCUT2D eigenvalue weighted by atomic mass is 127. The summed E-state index contributed by atoms with van der Waals surface area (Å²) in [7, 11) is 1.76. The lowest BCUT2D eigenvalue weighted by Crippen LogP contribution is -2.40. The maximum absolute atomic E-state index is 6.01. The van der Waals surface area contributed by atoms with Gasteiger partial charge in [-0.2, -0.15) is 0 Å². The number of ether oxygens (including phenoxy) is 2. The zero-order chi connectivity index (χ0) is 15.8. The van der Waals surface area contributed by atoms with Crippen molar-refractivity contribution in [2.75, 3.05) is 26.8 Å². The Morgan fingerprint density at radius 3 is 2.91 bits per heavy atom. The number of benzene rings is 1. The number of halogens is 2. The summed E-state index contributed by atoms with van der Waals surface area (Å²) in [4.78, 5) is 4.23. The lowest BCUT2D eigenvalue weighted by Gasteiger charge is -2.16. The maximum atomic E-state index is 6.01. The molecule has 0 amide bonds. The Balaban J connectivity index is 0.00000264. The molecule has 1 aromatic rings. The van der Waals surface area contributed by atoms with Crippen LogP contribution < -0.4 is 15.4 Å². The molecule has 0 bridgehead atoms. The molecule has 1 saturated heterocycles. The molecule has 2 N–H and O–H groups in total. The lowest BCUT2D eigenvalue weighted by atomic mass is 10.2. The van der Waals surface area contributed by atoms with Crippen LogP contribution in [0, 0.1) is 0 Å². The third-order valence-electron chi connectivity index (χ3n) is 3.52. The molecule has 1 heterocycles. The molecule has 7 heteroatoms. The molecule has 1 atom stereocenters. The number of rotatable bonds is 6. The minimum absolute atomic E-state index is 0. The molecule has 1 fully saturated rings. The van der Waals surface area contributed by atoms with Gasteiger partial charge in [-0.25, -0.2) is 0 Å². The summed E-state index contributed by atoms with van der Waals surface area (Å²) in [6, 6.07) is 5.67. The summed E-state index contributed by atoms with van der Waals surface area (Å²) in [6.45, 7) is 4.83. The molecule has 2 rings (SSSR count). The molecule has 5 nitrogen and oxygen atoms in total. The van der Waals surface area contributed by atoms with Crippen LogP contribution in [0.2, 0.25) is 5.02 Å². The van der Waals surface area contributed by atoms with Crippen molar-refractivity contribution >= 4 is 41.5 Å². The second-order valence-electron chi connectivity index (χ2n) is 5.13. The van der Waals surface area contributed by atoms with Crippen LogP contribution in [0.4, 0.5) is 0 Å². The Labute approximate surface area is 160 Å². The van der Waals surface area contributed by atoms with Gasteiger partial charge in [-0.3, -0.25) is 4.99 Å². The molecule has 0 radical (unpaired) electrons. The van der Waals surface area contributed by atoms with Crippen molar-refractivity contribution in [3.8, 4) is 5.75 Å². The van der Waals surface area contributed by atoms with Crippen molar-refractivity contribution in [3.05, 3.63) is 28.8 Å². The average molecular weight is 454 g/mol. The number of aliphatic imine (C=N–C) groups is 1. The van der Waals surface area contributed by atoms with E-state index >= 15 is 0 Å². The molecule has 23 heavy (non-hydrogen) atoms. The molecule has 1 aliphatic rings. The van der Waals surface area contributed by atoms with Crippen molar-refractivity contribution in [1.29, 1.82) is 0 Å². The van der Waals surface area contributed by atoms with Crippen molar-refractivity contribution in [2.24, 2.45) is 4.99 Å². The van der Waals surface area contributed by atoms with E-state index in [0.717, 1.165) is 43.3 Å². The number of guanidine groups is 1. The second-order valence-corrected chi connectivity index (χ2v) is 5.56. The van der Waals surface area contributed by atoms with E-state index in [1.165, 1.54) is 0 Å². The topological polar surface area (TPSA) is 54.9 Å². The zero-order valence-corrected chi connectivity index (χ0v) is 16.7. The van der Waals surface area contributed by atoms with Gasteiger partial charge in [-0.15, -0.1) is 24.0 Å². The predicted molar refractivity (Wildman–Crippen MR) is 105 cm³/mol. The first-order valence-corrected chi connectivity index (χ1v) is 8.08. The fourth-order valence-corrected chi connectivity index (χ4v) is 2.54. The first-order valence-electron chi connectivity index (χ1n) is 7.70. The number of nitrogens with zero attached hydrogens (tertiary/aromatic N) is 1. The van der Waals surface area contributed by atoms with Gasteiger partial charge in [0.25, 0.3) is 0 Å². The fraction of sp³-hybridized carbons (Fsp3) is 0.562. The summed E-state index contributed by atoms with van der Waals surface area (Å²) in [6.07, 6.45) is 2.53. The molecular formula is C16H25ClIN3O2. The van der Waals surface area contributed by atoms with E-state index in [9.17, 15) is 0 Å². The van der Waals surface area contributed by atoms with Crippen molar-refractivity contribution in [2.45, 2.75) is 32.4 Å². The van der Waals surface area contributed by atoms with Gasteiger partial charge in [0.05, 0.1) is 12.7 Å². The third kappa shape index (κ3) is 6.73. The Morgan fingerprint density at radius 1 is 1.43 bits per heavy atom. The predicted octanol–water partition coefficient (Wildman–Crippen LogP) is 3.20. The van der Waals surface area contributed by atoms with Gasteiger partial charge in [0.1, 0.15) is 5.75 Å².